The van der Waals surface area contributed by atoms with Crippen LogP contribution < -0.4 is 0 Å². The number of esters is 1. The summed E-state index contributed by atoms with van der Waals surface area (Å²) in [6, 6.07) is 4.00. The zero-order valence-corrected chi connectivity index (χ0v) is 14.3. The molecule has 0 amide bonds. The molecule has 1 N–H and O–H groups in total. The highest BCUT2D eigenvalue weighted by molar-refractivity contribution is 6.42. The number of nitriles is 1. The molecule has 9 heteroatoms. The number of rotatable bonds is 7. The smallest absolute Gasteiger partial charge is 0.371 e. The number of nitrogens with zero attached hydrogens (tertiary/aromatic N) is 5. The molecule has 0 fully saturated rings. The molecule has 0 aliphatic heterocycles. The number of hydrogen-bond donors (Lipinski definition) is 1. The van der Waals surface area contributed by atoms with Crippen molar-refractivity contribution in [3.05, 3.63) is 0 Å². The minimum atomic E-state index is -0.910. The second-order valence-corrected chi connectivity index (χ2v) is 3.89. The Morgan fingerprint density at radius 2 is 1.95 bits per heavy atom. The molecule has 0 aliphatic rings. The Morgan fingerprint density at radius 1 is 1.32 bits per heavy atom. The zero-order chi connectivity index (χ0) is 16.5. The molecule has 0 heterocycles. The highest BCUT2D eigenvalue weighted by atomic mass is 35.5. The van der Waals surface area contributed by atoms with Crippen molar-refractivity contribution in [3.8, 4) is 6.07 Å². The van der Waals surface area contributed by atoms with Gasteiger partial charge in [0.1, 0.15) is 6.07 Å². The van der Waals surface area contributed by atoms with Crippen molar-refractivity contribution in [2.45, 2.75) is 20.3 Å². The summed E-state index contributed by atoms with van der Waals surface area (Å²) < 4.78 is 4.33. The first-order valence-electron chi connectivity index (χ1n) is 6.55. The lowest BCUT2D eigenvalue weighted by Gasteiger charge is -2.05. The maximum Gasteiger partial charge on any atom is 0.371 e. The summed E-state index contributed by atoms with van der Waals surface area (Å²) in [7, 11) is 4.12. The SMILES string of the molecule is CCN=C=NCCCN(C)C.CCOC(=O)C(C#N)=NO.Cl. The normalized spacial score (nSPS) is 9.36. The number of hydrogen-bond acceptors (Lipinski definition) is 8. The molecule has 0 aromatic rings. The third kappa shape index (κ3) is 18.1. The molecule has 0 rings (SSSR count). The van der Waals surface area contributed by atoms with Crippen LogP contribution in [-0.2, 0) is 9.53 Å². The number of oxime groups is 1. The Bertz CT molecular complexity index is 412. The van der Waals surface area contributed by atoms with Crippen molar-refractivity contribution in [2.24, 2.45) is 15.1 Å². The minimum absolute atomic E-state index is 0. The summed E-state index contributed by atoms with van der Waals surface area (Å²) in [5.74, 6) is -0.910. The fourth-order valence-electron chi connectivity index (χ4n) is 0.945. The van der Waals surface area contributed by atoms with Gasteiger partial charge in [0.15, 0.2) is 0 Å². The van der Waals surface area contributed by atoms with Gasteiger partial charge in [-0.05, 0) is 40.9 Å². The Morgan fingerprint density at radius 3 is 2.36 bits per heavy atom. The van der Waals surface area contributed by atoms with Crippen LogP contribution in [0.4, 0.5) is 0 Å². The number of halogens is 1. The monoisotopic (exact) mass is 333 g/mol. The van der Waals surface area contributed by atoms with Gasteiger partial charge in [-0.1, -0.05) is 5.16 Å². The lowest BCUT2D eigenvalue weighted by Crippen LogP contribution is -2.15. The molecular weight excluding hydrogens is 310 g/mol. The van der Waals surface area contributed by atoms with E-state index in [2.05, 4.69) is 44.9 Å². The first-order valence-corrected chi connectivity index (χ1v) is 6.55. The van der Waals surface area contributed by atoms with Crippen molar-refractivity contribution in [2.75, 3.05) is 40.3 Å². The second kappa shape index (κ2) is 19.1. The zero-order valence-electron chi connectivity index (χ0n) is 13.4. The second-order valence-electron chi connectivity index (χ2n) is 3.89. The van der Waals surface area contributed by atoms with E-state index >= 15 is 0 Å². The average molecular weight is 334 g/mol. The maximum atomic E-state index is 10.5. The highest BCUT2D eigenvalue weighted by Crippen LogP contribution is 1.83. The summed E-state index contributed by atoms with van der Waals surface area (Å²) in [5, 5.41) is 18.5. The number of carbonyl (C=O) groups is 1. The van der Waals surface area contributed by atoms with E-state index in [1.807, 2.05) is 6.92 Å². The molecule has 0 unspecified atom stereocenters. The van der Waals surface area contributed by atoms with E-state index in [9.17, 15) is 4.79 Å². The Balaban J connectivity index is -0.000000315. The molecule has 0 atom stereocenters. The molecule has 0 aromatic carbocycles. The highest BCUT2D eigenvalue weighted by Gasteiger charge is 2.10. The Kier molecular flexibility index (Phi) is 21.7. The average Bonchev–Trinajstić information content (AvgIpc) is 2.45. The van der Waals surface area contributed by atoms with Gasteiger partial charge in [-0.2, -0.15) is 5.26 Å². The van der Waals surface area contributed by atoms with Gasteiger partial charge in [0.2, 0.25) is 0 Å². The van der Waals surface area contributed by atoms with Crippen LogP contribution in [0.2, 0.25) is 0 Å². The van der Waals surface area contributed by atoms with Gasteiger partial charge in [-0.3, -0.25) is 0 Å². The van der Waals surface area contributed by atoms with Crippen molar-refractivity contribution in [1.82, 2.24) is 4.90 Å². The Labute approximate surface area is 137 Å². The van der Waals surface area contributed by atoms with E-state index in [0.717, 1.165) is 26.1 Å². The number of aliphatic imine (C=N–C) groups is 2. The first-order chi connectivity index (χ1) is 10.0. The van der Waals surface area contributed by atoms with Crippen LogP contribution in [0.25, 0.3) is 0 Å². The molecule has 0 radical (unpaired) electrons. The largest absolute Gasteiger partial charge is 0.461 e. The van der Waals surface area contributed by atoms with Crippen molar-refractivity contribution >= 4 is 30.1 Å². The van der Waals surface area contributed by atoms with Crippen LogP contribution in [0.1, 0.15) is 20.3 Å². The maximum absolute atomic E-state index is 10.5. The van der Waals surface area contributed by atoms with Gasteiger partial charge in [0.25, 0.3) is 5.71 Å². The molecule has 126 valence electrons. The van der Waals surface area contributed by atoms with Crippen LogP contribution >= 0.6 is 12.4 Å². The van der Waals surface area contributed by atoms with E-state index < -0.39 is 11.7 Å². The van der Waals surface area contributed by atoms with Gasteiger partial charge in [0, 0.05) is 6.54 Å². The van der Waals surface area contributed by atoms with Gasteiger partial charge in [0.05, 0.1) is 19.2 Å². The third-order valence-electron chi connectivity index (χ3n) is 1.85. The van der Waals surface area contributed by atoms with E-state index in [0.29, 0.717) is 0 Å². The molecule has 22 heavy (non-hydrogen) atoms. The summed E-state index contributed by atoms with van der Waals surface area (Å²) in [5.41, 5.74) is -0.637. The van der Waals surface area contributed by atoms with Crippen LogP contribution in [0.5, 0.6) is 0 Å². The molecular formula is C13H24ClN5O3. The molecule has 0 aliphatic carbocycles. The van der Waals surface area contributed by atoms with Crippen LogP contribution in [0, 0.1) is 11.3 Å². The number of ether oxygens (including phenoxy) is 1. The fourth-order valence-corrected chi connectivity index (χ4v) is 0.945. The van der Waals surface area contributed by atoms with Crippen molar-refractivity contribution in [1.29, 1.82) is 5.26 Å². The van der Waals surface area contributed by atoms with Gasteiger partial charge in [-0.25, -0.2) is 14.8 Å². The molecule has 8 nitrogen and oxygen atoms in total. The fraction of sp³-hybridized carbons (Fsp3) is 0.692. The molecule has 0 saturated heterocycles. The van der Waals surface area contributed by atoms with Crippen LogP contribution in [-0.4, -0.2) is 68.1 Å². The van der Waals surface area contributed by atoms with Crippen LogP contribution in [0.3, 0.4) is 0 Å². The predicted octanol–water partition coefficient (Wildman–Crippen LogP) is 1.46. The lowest BCUT2D eigenvalue weighted by molar-refractivity contribution is -0.135. The molecule has 0 aromatic heterocycles. The summed E-state index contributed by atoms with van der Waals surface area (Å²) in [6.07, 6.45) is 1.08. The molecule has 0 saturated carbocycles. The van der Waals surface area contributed by atoms with E-state index in [4.69, 9.17) is 10.5 Å². The topological polar surface area (TPSA) is 111 Å². The van der Waals surface area contributed by atoms with Crippen molar-refractivity contribution < 1.29 is 14.7 Å². The predicted molar refractivity (Wildman–Crippen MR) is 87.2 cm³/mol. The van der Waals surface area contributed by atoms with Gasteiger partial charge < -0.3 is 14.8 Å². The van der Waals surface area contributed by atoms with E-state index in [1.165, 1.54) is 6.07 Å². The van der Waals surface area contributed by atoms with Gasteiger partial charge >= 0.3 is 5.97 Å². The number of carbonyl (C=O) groups excluding carboxylic acids is 1. The molecule has 0 bridgehead atoms. The minimum Gasteiger partial charge on any atom is -0.461 e. The third-order valence-corrected chi connectivity index (χ3v) is 1.85. The van der Waals surface area contributed by atoms with Gasteiger partial charge in [-0.15, -0.1) is 12.4 Å². The van der Waals surface area contributed by atoms with Crippen molar-refractivity contribution in [3.63, 3.8) is 0 Å². The quantitative estimate of drug-likeness (QED) is 0.249. The lowest BCUT2D eigenvalue weighted by atomic mass is 10.4. The summed E-state index contributed by atoms with van der Waals surface area (Å²) >= 11 is 0. The van der Waals surface area contributed by atoms with E-state index in [-0.39, 0.29) is 19.0 Å². The summed E-state index contributed by atoms with van der Waals surface area (Å²) in [4.78, 5) is 20.5. The Hall–Kier alpha value is -1.94. The first kappa shape index (κ1) is 25.0. The van der Waals surface area contributed by atoms with E-state index in [1.54, 1.807) is 6.92 Å². The summed E-state index contributed by atoms with van der Waals surface area (Å²) in [6.45, 7) is 6.41. The standard InChI is InChI=1S/C8H17N3.C5H6N2O3.ClH/c1-4-9-8-10-6-5-7-11(2)3;1-2-10-5(8)4(3-6)7-9;/h4-7H2,1-3H3;9H,2H2,1H3;1H. The molecule has 0 spiro atoms. The van der Waals surface area contributed by atoms with Crippen LogP contribution in [0.15, 0.2) is 15.1 Å².